The smallest absolute Gasteiger partial charge is 0.322 e. The summed E-state index contributed by atoms with van der Waals surface area (Å²) in [6.45, 7) is 8.62. The maximum atomic E-state index is 12.4. The summed E-state index contributed by atoms with van der Waals surface area (Å²) in [6.07, 6.45) is 0.733. The van der Waals surface area contributed by atoms with Gasteiger partial charge in [-0.1, -0.05) is 12.1 Å². The first-order chi connectivity index (χ1) is 10.2. The Labute approximate surface area is 124 Å². The molecule has 2 saturated heterocycles. The molecule has 2 aliphatic heterocycles. The van der Waals surface area contributed by atoms with E-state index in [9.17, 15) is 4.79 Å². The number of hydrogen-bond donors (Lipinski definition) is 1. The minimum atomic E-state index is -0.0822. The number of amides is 2. The van der Waals surface area contributed by atoms with Crippen LogP contribution in [0.3, 0.4) is 0 Å². The fourth-order valence-corrected chi connectivity index (χ4v) is 2.94. The van der Waals surface area contributed by atoms with Crippen molar-refractivity contribution in [3.8, 4) is 0 Å². The highest BCUT2D eigenvalue weighted by Crippen LogP contribution is 2.21. The van der Waals surface area contributed by atoms with Crippen molar-refractivity contribution < 1.29 is 14.1 Å². The lowest BCUT2D eigenvalue weighted by Crippen LogP contribution is -2.59. The standard InChI is InChI=1S/C14H22N4O3/c1-3-12-13(10(2)21-16-12)15-14(19)18-5-4-17-6-7-20-9-11(17)8-18/h11H,3-9H2,1-2H3,(H,15,19). The first-order valence-corrected chi connectivity index (χ1v) is 7.52. The van der Waals surface area contributed by atoms with Gasteiger partial charge in [-0.05, 0) is 13.3 Å². The van der Waals surface area contributed by atoms with E-state index < -0.39 is 0 Å². The quantitative estimate of drug-likeness (QED) is 0.884. The molecule has 0 radical (unpaired) electrons. The Hall–Kier alpha value is -1.60. The lowest BCUT2D eigenvalue weighted by Gasteiger charge is -2.43. The molecule has 0 bridgehead atoms. The van der Waals surface area contributed by atoms with E-state index in [1.165, 1.54) is 0 Å². The number of piperazine rings is 1. The first kappa shape index (κ1) is 14.3. The van der Waals surface area contributed by atoms with Crippen molar-refractivity contribution in [2.45, 2.75) is 26.3 Å². The number of urea groups is 1. The third-order valence-corrected chi connectivity index (χ3v) is 4.23. The Balaban J connectivity index is 1.64. The summed E-state index contributed by atoms with van der Waals surface area (Å²) in [5.41, 5.74) is 1.50. The van der Waals surface area contributed by atoms with E-state index in [-0.39, 0.29) is 6.03 Å². The Morgan fingerprint density at radius 2 is 2.29 bits per heavy atom. The van der Waals surface area contributed by atoms with Gasteiger partial charge in [-0.2, -0.15) is 0 Å². The minimum absolute atomic E-state index is 0.0822. The van der Waals surface area contributed by atoms with Crippen molar-refractivity contribution in [3.05, 3.63) is 11.5 Å². The zero-order chi connectivity index (χ0) is 14.8. The van der Waals surface area contributed by atoms with Crippen LogP contribution in [0.5, 0.6) is 0 Å². The fraction of sp³-hybridized carbons (Fsp3) is 0.714. The van der Waals surface area contributed by atoms with Crippen molar-refractivity contribution in [2.75, 3.05) is 44.7 Å². The summed E-state index contributed by atoms with van der Waals surface area (Å²) >= 11 is 0. The van der Waals surface area contributed by atoms with Gasteiger partial charge in [0.25, 0.3) is 0 Å². The van der Waals surface area contributed by atoms with E-state index in [0.717, 1.165) is 38.4 Å². The van der Waals surface area contributed by atoms with Gasteiger partial charge in [0.1, 0.15) is 11.4 Å². The number of carbonyl (C=O) groups is 1. The molecule has 7 nitrogen and oxygen atoms in total. The van der Waals surface area contributed by atoms with Crippen LogP contribution >= 0.6 is 0 Å². The van der Waals surface area contributed by atoms with E-state index in [1.54, 1.807) is 0 Å². The number of morpholine rings is 1. The van der Waals surface area contributed by atoms with Crippen molar-refractivity contribution in [3.63, 3.8) is 0 Å². The molecule has 21 heavy (non-hydrogen) atoms. The summed E-state index contributed by atoms with van der Waals surface area (Å²) in [6, 6.07) is 0.230. The fourth-order valence-electron chi connectivity index (χ4n) is 2.94. The van der Waals surface area contributed by atoms with Gasteiger partial charge in [0.2, 0.25) is 0 Å². The molecule has 0 aliphatic carbocycles. The van der Waals surface area contributed by atoms with Crippen molar-refractivity contribution in [2.24, 2.45) is 0 Å². The van der Waals surface area contributed by atoms with Gasteiger partial charge in [0.05, 0.1) is 19.3 Å². The second-order valence-corrected chi connectivity index (χ2v) is 5.55. The minimum Gasteiger partial charge on any atom is -0.378 e. The maximum Gasteiger partial charge on any atom is 0.322 e. The molecule has 1 atom stereocenters. The molecule has 7 heteroatoms. The normalized spacial score (nSPS) is 23.0. The molecule has 0 saturated carbocycles. The number of hydrogen-bond acceptors (Lipinski definition) is 5. The molecule has 1 aromatic heterocycles. The Morgan fingerprint density at radius 1 is 1.43 bits per heavy atom. The summed E-state index contributed by atoms with van der Waals surface area (Å²) in [7, 11) is 0. The van der Waals surface area contributed by atoms with Gasteiger partial charge in [0, 0.05) is 26.2 Å². The molecule has 2 aliphatic rings. The van der Waals surface area contributed by atoms with E-state index in [2.05, 4.69) is 15.4 Å². The molecule has 1 aromatic rings. The number of aromatic nitrogens is 1. The van der Waals surface area contributed by atoms with Crippen LogP contribution in [0.1, 0.15) is 18.4 Å². The number of nitrogens with one attached hydrogen (secondary N) is 1. The van der Waals surface area contributed by atoms with Crippen LogP contribution in [0.25, 0.3) is 0 Å². The number of anilines is 1. The number of fused-ring (bicyclic) bond motifs is 1. The predicted molar refractivity (Wildman–Crippen MR) is 77.4 cm³/mol. The SMILES string of the molecule is CCc1noc(C)c1NC(=O)N1CCN2CCOCC2C1. The van der Waals surface area contributed by atoms with Crippen LogP contribution in [-0.4, -0.2) is 66.4 Å². The van der Waals surface area contributed by atoms with Crippen LogP contribution in [-0.2, 0) is 11.2 Å². The molecule has 3 heterocycles. The summed E-state index contributed by atoms with van der Waals surface area (Å²) in [5, 5.41) is 6.91. The average molecular weight is 294 g/mol. The number of nitrogens with zero attached hydrogens (tertiary/aromatic N) is 3. The zero-order valence-corrected chi connectivity index (χ0v) is 12.6. The van der Waals surface area contributed by atoms with Gasteiger partial charge < -0.3 is 19.5 Å². The van der Waals surface area contributed by atoms with E-state index in [1.807, 2.05) is 18.7 Å². The Morgan fingerprint density at radius 3 is 3.10 bits per heavy atom. The van der Waals surface area contributed by atoms with Gasteiger partial charge in [0.15, 0.2) is 5.76 Å². The highest BCUT2D eigenvalue weighted by Gasteiger charge is 2.32. The van der Waals surface area contributed by atoms with Crippen molar-refractivity contribution >= 4 is 11.7 Å². The molecule has 1 unspecified atom stereocenters. The van der Waals surface area contributed by atoms with Gasteiger partial charge >= 0.3 is 6.03 Å². The van der Waals surface area contributed by atoms with Crippen molar-refractivity contribution in [1.29, 1.82) is 0 Å². The van der Waals surface area contributed by atoms with E-state index >= 15 is 0 Å². The number of aryl methyl sites for hydroxylation is 2. The zero-order valence-electron chi connectivity index (χ0n) is 12.6. The van der Waals surface area contributed by atoms with Crippen LogP contribution in [0.4, 0.5) is 10.5 Å². The molecule has 116 valence electrons. The largest absolute Gasteiger partial charge is 0.378 e. The predicted octanol–water partition coefficient (Wildman–Crippen LogP) is 1.09. The topological polar surface area (TPSA) is 70.8 Å². The third-order valence-electron chi connectivity index (χ3n) is 4.23. The highest BCUT2D eigenvalue weighted by molar-refractivity contribution is 5.90. The van der Waals surface area contributed by atoms with Gasteiger partial charge in [-0.3, -0.25) is 4.90 Å². The van der Waals surface area contributed by atoms with Crippen molar-refractivity contribution in [1.82, 2.24) is 15.0 Å². The van der Waals surface area contributed by atoms with E-state index in [4.69, 9.17) is 9.26 Å². The second kappa shape index (κ2) is 6.03. The molecule has 2 fully saturated rings. The van der Waals surface area contributed by atoms with Gasteiger partial charge in [-0.15, -0.1) is 0 Å². The Bertz CT molecular complexity index is 516. The molecule has 3 rings (SSSR count). The molecule has 0 spiro atoms. The van der Waals surface area contributed by atoms with Crippen LogP contribution in [0.2, 0.25) is 0 Å². The molecule has 0 aromatic carbocycles. The maximum absolute atomic E-state index is 12.4. The average Bonchev–Trinajstić information content (AvgIpc) is 2.87. The van der Waals surface area contributed by atoms with Crippen LogP contribution < -0.4 is 5.32 Å². The molecule has 1 N–H and O–H groups in total. The lowest BCUT2D eigenvalue weighted by molar-refractivity contribution is -0.0355. The Kier molecular flexibility index (Phi) is 4.12. The molecule has 2 amide bonds. The number of ether oxygens (including phenoxy) is 1. The number of rotatable bonds is 2. The summed E-state index contributed by atoms with van der Waals surface area (Å²) in [4.78, 5) is 16.7. The number of carbonyl (C=O) groups excluding carboxylic acids is 1. The van der Waals surface area contributed by atoms with E-state index in [0.29, 0.717) is 30.6 Å². The van der Waals surface area contributed by atoms with Gasteiger partial charge in [-0.25, -0.2) is 4.79 Å². The first-order valence-electron chi connectivity index (χ1n) is 7.52. The molecular formula is C14H22N4O3. The third kappa shape index (κ3) is 2.89. The summed E-state index contributed by atoms with van der Waals surface area (Å²) < 4.78 is 10.7. The lowest BCUT2D eigenvalue weighted by atomic mass is 10.1. The van der Waals surface area contributed by atoms with Crippen LogP contribution in [0.15, 0.2) is 4.52 Å². The molecular weight excluding hydrogens is 272 g/mol. The highest BCUT2D eigenvalue weighted by atomic mass is 16.5. The summed E-state index contributed by atoms with van der Waals surface area (Å²) in [5.74, 6) is 0.653. The second-order valence-electron chi connectivity index (χ2n) is 5.55. The van der Waals surface area contributed by atoms with Crippen LogP contribution in [0, 0.1) is 6.92 Å². The monoisotopic (exact) mass is 294 g/mol.